The fraction of sp³-hybridized carbons (Fsp3) is 1.00. The molecule has 1 nitrogen and oxygen atoms in total. The number of ether oxygens (including phenoxy) is 1. The van der Waals surface area contributed by atoms with E-state index < -0.39 is 0 Å². The van der Waals surface area contributed by atoms with E-state index in [2.05, 4.69) is 31.3 Å². The topological polar surface area (TPSA) is 9.23 Å². The number of hydrogen-bond acceptors (Lipinski definition) is 3. The van der Waals surface area contributed by atoms with Crippen LogP contribution in [0.1, 0.15) is 32.6 Å². The van der Waals surface area contributed by atoms with E-state index >= 15 is 0 Å². The minimum absolute atomic E-state index is 0.796. The van der Waals surface area contributed by atoms with Gasteiger partial charge in [0, 0.05) is 16.8 Å². The number of rotatable bonds is 6. The molecule has 0 aromatic carbocycles. The van der Waals surface area contributed by atoms with Gasteiger partial charge in [0.25, 0.3) is 0 Å². The maximum absolute atomic E-state index is 5.40. The van der Waals surface area contributed by atoms with E-state index in [1.807, 2.05) is 0 Å². The van der Waals surface area contributed by atoms with E-state index in [-0.39, 0.29) is 0 Å². The summed E-state index contributed by atoms with van der Waals surface area (Å²) in [5.74, 6) is 2.94. The van der Waals surface area contributed by atoms with Gasteiger partial charge >= 0.3 is 0 Å². The Morgan fingerprint density at radius 2 is 2.21 bits per heavy atom. The molecule has 0 heterocycles. The molecular formula is C11H22OS2. The zero-order chi connectivity index (χ0) is 10.2. The Morgan fingerprint density at radius 1 is 1.36 bits per heavy atom. The molecule has 1 fully saturated rings. The third-order valence-corrected chi connectivity index (χ3v) is 4.19. The lowest BCUT2D eigenvalue weighted by Crippen LogP contribution is -2.16. The van der Waals surface area contributed by atoms with E-state index in [4.69, 9.17) is 4.74 Å². The number of thioether (sulfide) groups is 1. The molecule has 2 unspecified atom stereocenters. The van der Waals surface area contributed by atoms with Crippen LogP contribution in [0.25, 0.3) is 0 Å². The highest BCUT2D eigenvalue weighted by Gasteiger charge is 2.18. The summed E-state index contributed by atoms with van der Waals surface area (Å²) in [5, 5.41) is 0.901. The maximum atomic E-state index is 5.40. The van der Waals surface area contributed by atoms with Gasteiger partial charge in [0.05, 0.1) is 13.2 Å². The standard InChI is InChI=1S/C11H22OS2/c1-10-3-2-4-11(9-10)14-8-6-12-5-7-13/h10-11,13H,2-9H2,1H3. The highest BCUT2D eigenvalue weighted by molar-refractivity contribution is 7.99. The summed E-state index contributed by atoms with van der Waals surface area (Å²) in [4.78, 5) is 0. The lowest BCUT2D eigenvalue weighted by atomic mass is 9.91. The maximum Gasteiger partial charge on any atom is 0.0557 e. The zero-order valence-corrected chi connectivity index (χ0v) is 10.8. The summed E-state index contributed by atoms with van der Waals surface area (Å²) in [7, 11) is 0. The van der Waals surface area contributed by atoms with Gasteiger partial charge in [0.15, 0.2) is 0 Å². The number of hydrogen-bond donors (Lipinski definition) is 1. The van der Waals surface area contributed by atoms with Crippen molar-refractivity contribution in [1.29, 1.82) is 0 Å². The van der Waals surface area contributed by atoms with Gasteiger partial charge in [-0.1, -0.05) is 19.8 Å². The van der Waals surface area contributed by atoms with E-state index in [1.165, 1.54) is 25.7 Å². The lowest BCUT2D eigenvalue weighted by molar-refractivity contribution is 0.167. The lowest BCUT2D eigenvalue weighted by Gasteiger charge is -2.26. The third-order valence-electron chi connectivity index (χ3n) is 2.71. The molecular weight excluding hydrogens is 212 g/mol. The van der Waals surface area contributed by atoms with E-state index in [9.17, 15) is 0 Å². The molecule has 2 atom stereocenters. The first-order chi connectivity index (χ1) is 6.83. The minimum Gasteiger partial charge on any atom is -0.380 e. The third kappa shape index (κ3) is 5.52. The Hall–Kier alpha value is 0.660. The Morgan fingerprint density at radius 3 is 2.93 bits per heavy atom. The molecule has 0 bridgehead atoms. The first kappa shape index (κ1) is 12.7. The Kier molecular flexibility index (Phi) is 7.17. The summed E-state index contributed by atoms with van der Waals surface area (Å²) in [6, 6.07) is 0. The monoisotopic (exact) mass is 234 g/mol. The van der Waals surface area contributed by atoms with Crippen LogP contribution in [0.5, 0.6) is 0 Å². The number of thiol groups is 1. The van der Waals surface area contributed by atoms with Gasteiger partial charge in [0.2, 0.25) is 0 Å². The molecule has 0 aliphatic heterocycles. The second-order valence-electron chi connectivity index (χ2n) is 4.10. The van der Waals surface area contributed by atoms with Crippen LogP contribution in [0.4, 0.5) is 0 Å². The molecule has 0 aromatic rings. The van der Waals surface area contributed by atoms with E-state index in [1.54, 1.807) is 0 Å². The molecule has 3 heteroatoms. The quantitative estimate of drug-likeness (QED) is 0.558. The summed E-state index contributed by atoms with van der Waals surface area (Å²) >= 11 is 6.21. The molecule has 0 aromatic heterocycles. The van der Waals surface area contributed by atoms with Crippen molar-refractivity contribution in [3.05, 3.63) is 0 Å². The van der Waals surface area contributed by atoms with Crippen LogP contribution in [0.15, 0.2) is 0 Å². The first-order valence-electron chi connectivity index (χ1n) is 5.63. The Balaban J connectivity index is 1.95. The van der Waals surface area contributed by atoms with Crippen molar-refractivity contribution < 1.29 is 4.74 Å². The van der Waals surface area contributed by atoms with Crippen molar-refractivity contribution in [3.63, 3.8) is 0 Å². The molecule has 1 aliphatic rings. The molecule has 0 N–H and O–H groups in total. The normalized spacial score (nSPS) is 27.9. The zero-order valence-electron chi connectivity index (χ0n) is 9.08. The van der Waals surface area contributed by atoms with Crippen LogP contribution < -0.4 is 0 Å². The molecule has 0 spiro atoms. The smallest absolute Gasteiger partial charge is 0.0557 e. The fourth-order valence-electron chi connectivity index (χ4n) is 1.97. The van der Waals surface area contributed by atoms with Crippen molar-refractivity contribution in [1.82, 2.24) is 0 Å². The molecule has 0 radical (unpaired) electrons. The molecule has 1 saturated carbocycles. The molecule has 0 amide bonds. The second-order valence-corrected chi connectivity index (χ2v) is 5.96. The minimum atomic E-state index is 0.796. The SMILES string of the molecule is CC1CCCC(SCCOCCS)C1. The molecule has 1 aliphatic carbocycles. The van der Waals surface area contributed by atoms with Gasteiger partial charge in [0.1, 0.15) is 0 Å². The van der Waals surface area contributed by atoms with Gasteiger partial charge < -0.3 is 4.74 Å². The van der Waals surface area contributed by atoms with Gasteiger partial charge in [-0.3, -0.25) is 0 Å². The average molecular weight is 234 g/mol. The first-order valence-corrected chi connectivity index (χ1v) is 7.31. The second kappa shape index (κ2) is 7.89. The van der Waals surface area contributed by atoms with Gasteiger partial charge in [-0.25, -0.2) is 0 Å². The van der Waals surface area contributed by atoms with Gasteiger partial charge in [-0.15, -0.1) is 0 Å². The molecule has 1 rings (SSSR count). The van der Waals surface area contributed by atoms with Crippen LogP contribution in [0, 0.1) is 5.92 Å². The summed E-state index contributed by atoms with van der Waals surface area (Å²) < 4.78 is 5.40. The Bertz CT molecular complexity index is 141. The van der Waals surface area contributed by atoms with Crippen molar-refractivity contribution in [2.75, 3.05) is 24.7 Å². The van der Waals surface area contributed by atoms with E-state index in [0.29, 0.717) is 0 Å². The van der Waals surface area contributed by atoms with Gasteiger partial charge in [-0.05, 0) is 18.8 Å². The predicted molar refractivity (Wildman–Crippen MR) is 68.6 cm³/mol. The summed E-state index contributed by atoms with van der Waals surface area (Å²) in [6.45, 7) is 4.07. The van der Waals surface area contributed by atoms with Crippen molar-refractivity contribution in [2.24, 2.45) is 5.92 Å². The van der Waals surface area contributed by atoms with Crippen LogP contribution in [0.3, 0.4) is 0 Å². The van der Waals surface area contributed by atoms with E-state index in [0.717, 1.165) is 35.9 Å². The van der Waals surface area contributed by atoms with Crippen LogP contribution in [0.2, 0.25) is 0 Å². The summed E-state index contributed by atoms with van der Waals surface area (Å²) in [6.07, 6.45) is 5.70. The molecule has 0 saturated heterocycles. The predicted octanol–water partition coefficient (Wildman–Crippen LogP) is 3.24. The van der Waals surface area contributed by atoms with Crippen LogP contribution in [-0.4, -0.2) is 30.0 Å². The summed E-state index contributed by atoms with van der Waals surface area (Å²) in [5.41, 5.74) is 0. The highest BCUT2D eigenvalue weighted by atomic mass is 32.2. The van der Waals surface area contributed by atoms with Gasteiger partial charge in [-0.2, -0.15) is 24.4 Å². The average Bonchev–Trinajstić information content (AvgIpc) is 2.18. The largest absolute Gasteiger partial charge is 0.380 e. The van der Waals surface area contributed by atoms with Crippen molar-refractivity contribution in [3.8, 4) is 0 Å². The Labute approximate surface area is 97.8 Å². The van der Waals surface area contributed by atoms with Crippen LogP contribution in [-0.2, 0) is 4.74 Å². The fourth-order valence-corrected chi connectivity index (χ4v) is 3.44. The van der Waals surface area contributed by atoms with Crippen LogP contribution >= 0.6 is 24.4 Å². The van der Waals surface area contributed by atoms with Crippen molar-refractivity contribution >= 4 is 24.4 Å². The van der Waals surface area contributed by atoms with Crippen molar-refractivity contribution in [2.45, 2.75) is 37.9 Å². The molecule has 14 heavy (non-hydrogen) atoms. The highest BCUT2D eigenvalue weighted by Crippen LogP contribution is 2.31. The molecule has 84 valence electrons.